The number of nitrogens with one attached hydrogen (secondary N) is 1. The molecule has 2 rings (SSSR count). The van der Waals surface area contributed by atoms with Gasteiger partial charge in [0.25, 0.3) is 0 Å². The maximum Gasteiger partial charge on any atom is 0.325 e. The lowest BCUT2D eigenvalue weighted by atomic mass is 10.1. The van der Waals surface area contributed by atoms with Crippen molar-refractivity contribution in [2.24, 2.45) is 5.73 Å². The lowest BCUT2D eigenvalue weighted by Gasteiger charge is -2.08. The van der Waals surface area contributed by atoms with Gasteiger partial charge in [-0.2, -0.15) is 0 Å². The molecular weight excluding hydrogens is 312 g/mol. The van der Waals surface area contributed by atoms with Gasteiger partial charge in [0, 0.05) is 24.5 Å². The third-order valence-corrected chi connectivity index (χ3v) is 2.87. The number of aliphatic carboxylic acids is 2. The van der Waals surface area contributed by atoms with E-state index in [9.17, 15) is 9.59 Å². The number of carboxylic acid groups (broad SMARTS) is 2. The van der Waals surface area contributed by atoms with Crippen LogP contribution in [0.25, 0.3) is 0 Å². The highest BCUT2D eigenvalue weighted by molar-refractivity contribution is 5.76. The minimum atomic E-state index is -0.999. The second-order valence-electron chi connectivity index (χ2n) is 4.89. The molecule has 24 heavy (non-hydrogen) atoms. The van der Waals surface area contributed by atoms with Gasteiger partial charge in [-0.25, -0.2) is 4.98 Å². The highest BCUT2D eigenvalue weighted by Crippen LogP contribution is 2.01. The van der Waals surface area contributed by atoms with Crippen molar-refractivity contribution < 1.29 is 19.8 Å². The monoisotopic (exact) mass is 332 g/mol. The Kier molecular flexibility index (Phi) is 7.86. The molecule has 0 unspecified atom stereocenters. The Balaban J connectivity index is 0.000000240. The summed E-state index contributed by atoms with van der Waals surface area (Å²) in [6, 6.07) is 9.15. The first-order chi connectivity index (χ1) is 11.4. The molecule has 0 aliphatic rings. The molecule has 128 valence electrons. The number of carboxylic acids is 2. The van der Waals surface area contributed by atoms with Crippen LogP contribution in [0.5, 0.6) is 0 Å². The Hall–Kier alpha value is -3.00. The van der Waals surface area contributed by atoms with Gasteiger partial charge in [0.2, 0.25) is 0 Å². The summed E-state index contributed by atoms with van der Waals surface area (Å²) >= 11 is 0. The second-order valence-corrected chi connectivity index (χ2v) is 4.89. The average Bonchev–Trinajstić information content (AvgIpc) is 2.57. The van der Waals surface area contributed by atoms with E-state index in [1.807, 2.05) is 0 Å². The van der Waals surface area contributed by atoms with Crippen LogP contribution in [0.2, 0.25) is 0 Å². The van der Waals surface area contributed by atoms with Gasteiger partial charge in [-0.15, -0.1) is 0 Å². The molecule has 0 aliphatic carbocycles. The molecule has 2 aromatic heterocycles. The smallest absolute Gasteiger partial charge is 0.325 e. The van der Waals surface area contributed by atoms with Crippen LogP contribution >= 0.6 is 0 Å². The van der Waals surface area contributed by atoms with E-state index in [2.05, 4.69) is 15.3 Å². The number of pyridine rings is 2. The summed E-state index contributed by atoms with van der Waals surface area (Å²) in [4.78, 5) is 28.6. The molecule has 0 spiro atoms. The molecule has 0 aliphatic heterocycles. The number of nitrogens with two attached hydrogens (primary N) is 1. The molecule has 2 atom stereocenters. The van der Waals surface area contributed by atoms with Crippen molar-refractivity contribution in [1.82, 2.24) is 9.97 Å². The van der Waals surface area contributed by atoms with E-state index in [1.165, 1.54) is 0 Å². The highest BCUT2D eigenvalue weighted by atomic mass is 16.4. The topological polar surface area (TPSA) is 138 Å². The standard InChI is InChI=1S/2C8H10N2O2/c1-6(8(11)12)10-7-4-2-3-5-9-7;9-7(8(11)12)5-6-3-1-2-4-10-6/h2-6H,1H3,(H,9,10)(H,11,12);1-4,7H,5,9H2,(H,11,12)/t6-;7-/m00/s1. The van der Waals surface area contributed by atoms with Crippen LogP contribution in [0.4, 0.5) is 5.82 Å². The van der Waals surface area contributed by atoms with E-state index in [4.69, 9.17) is 15.9 Å². The Morgan fingerprint density at radius 3 is 2.17 bits per heavy atom. The van der Waals surface area contributed by atoms with Gasteiger partial charge in [0.1, 0.15) is 17.9 Å². The molecule has 8 heteroatoms. The van der Waals surface area contributed by atoms with E-state index >= 15 is 0 Å². The van der Waals surface area contributed by atoms with E-state index in [0.717, 1.165) is 0 Å². The van der Waals surface area contributed by atoms with Gasteiger partial charge in [0.15, 0.2) is 0 Å². The number of carbonyl (C=O) groups is 2. The van der Waals surface area contributed by atoms with E-state index < -0.39 is 24.0 Å². The van der Waals surface area contributed by atoms with Crippen LogP contribution in [-0.2, 0) is 16.0 Å². The van der Waals surface area contributed by atoms with E-state index in [1.54, 1.807) is 55.7 Å². The van der Waals surface area contributed by atoms with Crippen LogP contribution in [0.1, 0.15) is 12.6 Å². The third-order valence-electron chi connectivity index (χ3n) is 2.87. The first kappa shape index (κ1) is 19.0. The van der Waals surface area contributed by atoms with Gasteiger partial charge in [-0.05, 0) is 31.2 Å². The van der Waals surface area contributed by atoms with Crippen molar-refractivity contribution >= 4 is 17.8 Å². The van der Waals surface area contributed by atoms with E-state index in [0.29, 0.717) is 11.5 Å². The lowest BCUT2D eigenvalue weighted by Crippen LogP contribution is -2.32. The molecule has 0 aromatic carbocycles. The van der Waals surface area contributed by atoms with Crippen LogP contribution < -0.4 is 11.1 Å². The van der Waals surface area contributed by atoms with Gasteiger partial charge in [-0.3, -0.25) is 14.6 Å². The lowest BCUT2D eigenvalue weighted by molar-refractivity contribution is -0.139. The predicted molar refractivity (Wildman–Crippen MR) is 88.5 cm³/mol. The quantitative estimate of drug-likeness (QED) is 0.614. The number of hydrogen-bond donors (Lipinski definition) is 4. The fraction of sp³-hybridized carbons (Fsp3) is 0.250. The zero-order chi connectivity index (χ0) is 17.9. The number of anilines is 1. The molecular formula is C16H20N4O4. The second kappa shape index (κ2) is 9.90. The molecule has 0 saturated heterocycles. The predicted octanol–water partition coefficient (Wildman–Crippen LogP) is 1.00. The summed E-state index contributed by atoms with van der Waals surface area (Å²) in [5.41, 5.74) is 6.01. The van der Waals surface area contributed by atoms with Crippen molar-refractivity contribution in [3.63, 3.8) is 0 Å². The number of rotatable bonds is 6. The van der Waals surface area contributed by atoms with Crippen molar-refractivity contribution in [1.29, 1.82) is 0 Å². The summed E-state index contributed by atoms with van der Waals surface area (Å²) < 4.78 is 0. The maximum absolute atomic E-state index is 10.4. The zero-order valence-corrected chi connectivity index (χ0v) is 13.2. The molecule has 0 radical (unpaired) electrons. The van der Waals surface area contributed by atoms with Crippen molar-refractivity contribution in [3.8, 4) is 0 Å². The Bertz CT molecular complexity index is 580. The minimum Gasteiger partial charge on any atom is -0.480 e. The first-order valence-electron chi connectivity index (χ1n) is 7.18. The Labute approximate surface area is 139 Å². The summed E-state index contributed by atoms with van der Waals surface area (Å²) in [6.45, 7) is 1.57. The number of hydrogen-bond acceptors (Lipinski definition) is 6. The molecule has 8 nitrogen and oxygen atoms in total. The normalized spacial score (nSPS) is 12.2. The number of aromatic nitrogens is 2. The molecule has 0 saturated carbocycles. The molecule has 0 fully saturated rings. The number of nitrogens with zero attached hydrogens (tertiary/aromatic N) is 2. The van der Waals surface area contributed by atoms with Gasteiger partial charge in [0.05, 0.1) is 0 Å². The van der Waals surface area contributed by atoms with Crippen molar-refractivity contribution in [2.45, 2.75) is 25.4 Å². The highest BCUT2D eigenvalue weighted by Gasteiger charge is 2.12. The van der Waals surface area contributed by atoms with Gasteiger partial charge >= 0.3 is 11.9 Å². The third kappa shape index (κ3) is 7.32. The summed E-state index contributed by atoms with van der Waals surface area (Å²) in [6.07, 6.45) is 3.50. The van der Waals surface area contributed by atoms with Crippen LogP contribution in [0.15, 0.2) is 48.8 Å². The molecule has 5 N–H and O–H groups in total. The van der Waals surface area contributed by atoms with Gasteiger partial charge in [-0.1, -0.05) is 12.1 Å². The largest absolute Gasteiger partial charge is 0.480 e. The average molecular weight is 332 g/mol. The first-order valence-corrected chi connectivity index (χ1v) is 7.18. The maximum atomic E-state index is 10.4. The molecule has 2 aromatic rings. The van der Waals surface area contributed by atoms with Crippen LogP contribution in [-0.4, -0.2) is 44.2 Å². The van der Waals surface area contributed by atoms with Crippen molar-refractivity contribution in [2.75, 3.05) is 5.32 Å². The van der Waals surface area contributed by atoms with Crippen molar-refractivity contribution in [3.05, 3.63) is 54.5 Å². The fourth-order valence-corrected chi connectivity index (χ4v) is 1.56. The van der Waals surface area contributed by atoms with Crippen LogP contribution in [0.3, 0.4) is 0 Å². The Morgan fingerprint density at radius 1 is 1.08 bits per heavy atom. The molecule has 2 heterocycles. The molecule has 0 bridgehead atoms. The summed E-state index contributed by atoms with van der Waals surface area (Å²) in [5, 5.41) is 19.8. The zero-order valence-electron chi connectivity index (χ0n) is 13.2. The van der Waals surface area contributed by atoms with Gasteiger partial charge < -0.3 is 21.3 Å². The fourth-order valence-electron chi connectivity index (χ4n) is 1.56. The summed E-state index contributed by atoms with van der Waals surface area (Å²) in [7, 11) is 0. The van der Waals surface area contributed by atoms with E-state index in [-0.39, 0.29) is 6.42 Å². The minimum absolute atomic E-state index is 0.274. The summed E-state index contributed by atoms with van der Waals surface area (Å²) in [5.74, 6) is -1.31. The molecule has 0 amide bonds. The SMILES string of the molecule is C[C@H](Nc1ccccn1)C(=O)O.N[C@@H](Cc1ccccn1)C(=O)O. The van der Waals surface area contributed by atoms with Crippen LogP contribution in [0, 0.1) is 0 Å². The Morgan fingerprint density at radius 2 is 1.71 bits per heavy atom.